The van der Waals surface area contributed by atoms with E-state index in [1.807, 2.05) is 30.3 Å². The first-order chi connectivity index (χ1) is 22.1. The largest absolute Gasteiger partial charge is 0.352 e. The van der Waals surface area contributed by atoms with Crippen molar-refractivity contribution >= 4 is 62.3 Å². The number of carbonyl (C=O) groups is 2. The normalized spacial score (nSPS) is 14.1. The van der Waals surface area contributed by atoms with Crippen molar-refractivity contribution in [3.05, 3.63) is 129 Å². The standard InChI is InChI=1S/C35H34Cl3N3O4S/c36-29-19-10-7-14-26(29)23-40(32(22-25-12-3-1-4-13-25)35(43)39-27-15-8-9-16-27)33(42)24-41(31-21-11-20-30(37)34(31)38)46(44,45)28-17-5-2-6-18-28/h1-7,10-14,17-21,27,32H,8-9,15-16,22-24H2,(H,39,43). The van der Waals surface area contributed by atoms with Crippen molar-refractivity contribution in [2.45, 2.75) is 55.6 Å². The van der Waals surface area contributed by atoms with Crippen LogP contribution < -0.4 is 9.62 Å². The average Bonchev–Trinajstić information content (AvgIpc) is 3.57. The van der Waals surface area contributed by atoms with Gasteiger partial charge in [0.25, 0.3) is 10.0 Å². The highest BCUT2D eigenvalue weighted by molar-refractivity contribution is 7.92. The maximum absolute atomic E-state index is 14.6. The molecule has 0 heterocycles. The Morgan fingerprint density at radius 3 is 2.07 bits per heavy atom. The van der Waals surface area contributed by atoms with Gasteiger partial charge >= 0.3 is 0 Å². The molecule has 4 aromatic carbocycles. The predicted octanol–water partition coefficient (Wildman–Crippen LogP) is 7.54. The molecule has 0 radical (unpaired) electrons. The minimum atomic E-state index is -4.31. The van der Waals surface area contributed by atoms with Gasteiger partial charge in [-0.2, -0.15) is 0 Å². The molecule has 1 unspecified atom stereocenters. The van der Waals surface area contributed by atoms with E-state index < -0.39 is 28.5 Å². The van der Waals surface area contributed by atoms with E-state index in [0.717, 1.165) is 35.6 Å². The van der Waals surface area contributed by atoms with Crippen molar-refractivity contribution < 1.29 is 18.0 Å². The number of benzene rings is 4. The minimum absolute atomic E-state index is 0.00302. The van der Waals surface area contributed by atoms with Gasteiger partial charge in [-0.1, -0.05) is 120 Å². The van der Waals surface area contributed by atoms with E-state index in [1.54, 1.807) is 48.5 Å². The fraction of sp³-hybridized carbons (Fsp3) is 0.257. The van der Waals surface area contributed by atoms with Crippen LogP contribution in [0, 0.1) is 0 Å². The number of sulfonamides is 1. The van der Waals surface area contributed by atoms with Crippen LogP contribution >= 0.6 is 34.8 Å². The molecule has 1 saturated carbocycles. The molecule has 1 fully saturated rings. The first-order valence-corrected chi connectivity index (χ1v) is 17.6. The van der Waals surface area contributed by atoms with Crippen LogP contribution in [0.15, 0.2) is 108 Å². The SMILES string of the molecule is O=C(NC1CCCC1)C(Cc1ccccc1)N(Cc1ccccc1Cl)C(=O)CN(c1cccc(Cl)c1Cl)S(=O)(=O)c1ccccc1. The van der Waals surface area contributed by atoms with Gasteiger partial charge in [0.05, 0.1) is 20.6 Å². The van der Waals surface area contributed by atoms with Crippen LogP contribution in [0.2, 0.25) is 15.1 Å². The van der Waals surface area contributed by atoms with Gasteiger partial charge in [-0.3, -0.25) is 13.9 Å². The van der Waals surface area contributed by atoms with Crippen LogP contribution in [-0.4, -0.2) is 43.8 Å². The molecule has 0 aliphatic heterocycles. The van der Waals surface area contributed by atoms with Crippen LogP contribution in [0.1, 0.15) is 36.8 Å². The molecular formula is C35H34Cl3N3O4S. The highest BCUT2D eigenvalue weighted by Crippen LogP contribution is 2.36. The zero-order chi connectivity index (χ0) is 32.7. The molecule has 1 aliphatic carbocycles. The Bertz CT molecular complexity index is 1770. The van der Waals surface area contributed by atoms with Crippen molar-refractivity contribution in [2.75, 3.05) is 10.8 Å². The predicted molar refractivity (Wildman–Crippen MR) is 184 cm³/mol. The fourth-order valence-corrected chi connectivity index (χ4v) is 7.74. The summed E-state index contributed by atoms with van der Waals surface area (Å²) in [5.74, 6) is -0.924. The lowest BCUT2D eigenvalue weighted by Gasteiger charge is -2.34. The van der Waals surface area contributed by atoms with Gasteiger partial charge in [0, 0.05) is 24.0 Å². The second-order valence-electron chi connectivity index (χ2n) is 11.2. The molecule has 5 rings (SSSR count). The summed E-state index contributed by atoms with van der Waals surface area (Å²) in [4.78, 5) is 30.1. The third kappa shape index (κ3) is 8.04. The Labute approximate surface area is 285 Å². The number of halogens is 3. The third-order valence-corrected chi connectivity index (χ3v) is 11.0. The van der Waals surface area contributed by atoms with Gasteiger partial charge in [0.2, 0.25) is 11.8 Å². The van der Waals surface area contributed by atoms with Crippen molar-refractivity contribution in [1.82, 2.24) is 10.2 Å². The molecule has 11 heteroatoms. The van der Waals surface area contributed by atoms with E-state index in [2.05, 4.69) is 5.32 Å². The molecule has 4 aromatic rings. The molecule has 1 aliphatic rings. The number of hydrogen-bond donors (Lipinski definition) is 1. The Morgan fingerprint density at radius 1 is 0.783 bits per heavy atom. The van der Waals surface area contributed by atoms with Crippen molar-refractivity contribution in [2.24, 2.45) is 0 Å². The first-order valence-electron chi connectivity index (χ1n) is 15.0. The number of anilines is 1. The van der Waals surface area contributed by atoms with Crippen LogP contribution in [0.5, 0.6) is 0 Å². The Balaban J connectivity index is 1.59. The highest BCUT2D eigenvalue weighted by Gasteiger charge is 2.36. The van der Waals surface area contributed by atoms with Crippen LogP contribution in [0.3, 0.4) is 0 Å². The van der Waals surface area contributed by atoms with Crippen LogP contribution in [0.4, 0.5) is 5.69 Å². The molecule has 0 spiro atoms. The lowest BCUT2D eigenvalue weighted by molar-refractivity contribution is -0.140. The van der Waals surface area contributed by atoms with Gasteiger partial charge in [0.15, 0.2) is 0 Å². The summed E-state index contributed by atoms with van der Waals surface area (Å²) in [7, 11) is -4.31. The van der Waals surface area contributed by atoms with E-state index in [0.29, 0.717) is 10.6 Å². The first kappa shape index (κ1) is 33.8. The Morgan fingerprint density at radius 2 is 1.39 bits per heavy atom. The lowest BCUT2D eigenvalue weighted by Crippen LogP contribution is -2.54. The molecule has 0 aromatic heterocycles. The molecule has 0 bridgehead atoms. The summed E-state index contributed by atoms with van der Waals surface area (Å²) in [6.07, 6.45) is 3.96. The van der Waals surface area contributed by atoms with Gasteiger partial charge in [-0.15, -0.1) is 0 Å². The summed E-state index contributed by atoms with van der Waals surface area (Å²) in [5.41, 5.74) is 1.50. The van der Waals surface area contributed by atoms with E-state index in [-0.39, 0.29) is 45.5 Å². The summed E-state index contributed by atoms with van der Waals surface area (Å²) < 4.78 is 29.2. The summed E-state index contributed by atoms with van der Waals surface area (Å²) in [5, 5.41) is 3.69. The summed E-state index contributed by atoms with van der Waals surface area (Å²) >= 11 is 19.5. The van der Waals surface area contributed by atoms with Gasteiger partial charge in [-0.25, -0.2) is 8.42 Å². The number of amides is 2. The second-order valence-corrected chi connectivity index (χ2v) is 14.3. The maximum atomic E-state index is 14.6. The monoisotopic (exact) mass is 697 g/mol. The van der Waals surface area contributed by atoms with Crippen LogP contribution in [0.25, 0.3) is 0 Å². The zero-order valence-electron chi connectivity index (χ0n) is 25.0. The summed E-state index contributed by atoms with van der Waals surface area (Å²) in [6.45, 7) is -0.680. The Hall–Kier alpha value is -3.56. The molecule has 46 heavy (non-hydrogen) atoms. The zero-order valence-corrected chi connectivity index (χ0v) is 28.1. The van der Waals surface area contributed by atoms with Gasteiger partial charge < -0.3 is 10.2 Å². The highest BCUT2D eigenvalue weighted by atomic mass is 35.5. The molecular weight excluding hydrogens is 665 g/mol. The Kier molecular flexibility index (Phi) is 11.3. The van der Waals surface area contributed by atoms with Gasteiger partial charge in [0.1, 0.15) is 12.6 Å². The lowest BCUT2D eigenvalue weighted by atomic mass is 10.0. The number of carbonyl (C=O) groups excluding carboxylic acids is 2. The number of rotatable bonds is 12. The molecule has 7 nitrogen and oxygen atoms in total. The molecule has 1 atom stereocenters. The number of nitrogens with one attached hydrogen (secondary N) is 1. The van der Waals surface area contributed by atoms with E-state index in [4.69, 9.17) is 34.8 Å². The van der Waals surface area contributed by atoms with E-state index in [9.17, 15) is 18.0 Å². The fourth-order valence-electron chi connectivity index (χ4n) is 5.65. The van der Waals surface area contributed by atoms with Crippen molar-refractivity contribution in [1.29, 1.82) is 0 Å². The number of hydrogen-bond acceptors (Lipinski definition) is 4. The smallest absolute Gasteiger partial charge is 0.264 e. The maximum Gasteiger partial charge on any atom is 0.264 e. The second kappa shape index (κ2) is 15.4. The minimum Gasteiger partial charge on any atom is -0.352 e. The molecule has 240 valence electrons. The third-order valence-electron chi connectivity index (χ3n) is 8.08. The molecule has 0 saturated heterocycles. The van der Waals surface area contributed by atoms with E-state index in [1.165, 1.54) is 29.2 Å². The van der Waals surface area contributed by atoms with E-state index >= 15 is 0 Å². The number of nitrogens with zero attached hydrogens (tertiary/aromatic N) is 2. The molecule has 1 N–H and O–H groups in total. The summed E-state index contributed by atoms with van der Waals surface area (Å²) in [6, 6.07) is 27.9. The quantitative estimate of drug-likeness (QED) is 0.166. The van der Waals surface area contributed by atoms with Gasteiger partial charge in [-0.05, 0) is 54.3 Å². The average molecular weight is 699 g/mol. The molecule has 2 amide bonds. The van der Waals surface area contributed by atoms with Crippen molar-refractivity contribution in [3.63, 3.8) is 0 Å². The van der Waals surface area contributed by atoms with Crippen LogP contribution in [-0.2, 0) is 32.6 Å². The topological polar surface area (TPSA) is 86.8 Å². The van der Waals surface area contributed by atoms with Crippen molar-refractivity contribution in [3.8, 4) is 0 Å².